The maximum Gasteiger partial charge on any atom is 0.191 e. The van der Waals surface area contributed by atoms with E-state index in [1.54, 1.807) is 0 Å². The van der Waals surface area contributed by atoms with Crippen molar-refractivity contribution in [2.24, 2.45) is 16.6 Å². The van der Waals surface area contributed by atoms with E-state index < -0.39 is 0 Å². The molecule has 0 aromatic rings. The third-order valence-corrected chi connectivity index (χ3v) is 4.09. The average molecular weight is 396 g/mol. The summed E-state index contributed by atoms with van der Waals surface area (Å²) in [7, 11) is 0. The zero-order chi connectivity index (χ0) is 13.5. The van der Waals surface area contributed by atoms with Crippen LogP contribution in [0, 0.1) is 5.92 Å². The first-order valence-electron chi connectivity index (χ1n) is 7.64. The maximum absolute atomic E-state index is 6.05. The Kier molecular flexibility index (Phi) is 8.79. The van der Waals surface area contributed by atoms with Crippen LogP contribution in [0.2, 0.25) is 0 Å². The van der Waals surface area contributed by atoms with E-state index in [4.69, 9.17) is 10.5 Å². The van der Waals surface area contributed by atoms with Gasteiger partial charge in [-0.05, 0) is 44.8 Å². The van der Waals surface area contributed by atoms with E-state index in [1.165, 1.54) is 38.9 Å². The minimum absolute atomic E-state index is 0. The van der Waals surface area contributed by atoms with Gasteiger partial charge in [-0.2, -0.15) is 0 Å². The Labute approximate surface area is 139 Å². The summed E-state index contributed by atoms with van der Waals surface area (Å²) in [6.07, 6.45) is 3.78. The molecule has 2 rings (SSSR count). The molecule has 118 valence electrons. The number of nitrogens with two attached hydrogens (primary N) is 1. The first-order valence-corrected chi connectivity index (χ1v) is 7.64. The van der Waals surface area contributed by atoms with E-state index in [-0.39, 0.29) is 24.0 Å². The third-order valence-electron chi connectivity index (χ3n) is 4.09. The van der Waals surface area contributed by atoms with Gasteiger partial charge in [-0.15, -0.1) is 24.0 Å². The van der Waals surface area contributed by atoms with Crippen molar-refractivity contribution in [3.8, 4) is 0 Å². The lowest BCUT2D eigenvalue weighted by molar-refractivity contribution is 0.0673. The first-order chi connectivity index (χ1) is 9.29. The van der Waals surface area contributed by atoms with Crippen LogP contribution in [0.1, 0.15) is 26.2 Å². The van der Waals surface area contributed by atoms with Crippen molar-refractivity contribution in [3.63, 3.8) is 0 Å². The van der Waals surface area contributed by atoms with Crippen molar-refractivity contribution in [2.75, 3.05) is 52.5 Å². The summed E-state index contributed by atoms with van der Waals surface area (Å²) in [5, 5.41) is 0. The van der Waals surface area contributed by atoms with Crippen LogP contribution in [-0.2, 0) is 4.74 Å². The number of hydrogen-bond acceptors (Lipinski definition) is 3. The van der Waals surface area contributed by atoms with Crippen LogP contribution in [-0.4, -0.2) is 68.2 Å². The number of likely N-dealkylation sites (tertiary alicyclic amines) is 1. The lowest BCUT2D eigenvalue weighted by Crippen LogP contribution is -2.45. The fraction of sp³-hybridized carbons (Fsp3) is 0.929. The smallest absolute Gasteiger partial charge is 0.191 e. The van der Waals surface area contributed by atoms with E-state index in [9.17, 15) is 0 Å². The number of aliphatic imine (C=N–C) groups is 1. The molecule has 2 heterocycles. The molecular formula is C14H29IN4O. The van der Waals surface area contributed by atoms with Gasteiger partial charge in [0.1, 0.15) is 0 Å². The largest absolute Gasteiger partial charge is 0.378 e. The van der Waals surface area contributed by atoms with E-state index in [2.05, 4.69) is 21.7 Å². The number of nitrogens with zero attached hydrogens (tertiary/aromatic N) is 3. The molecule has 0 atom stereocenters. The fourth-order valence-electron chi connectivity index (χ4n) is 2.82. The van der Waals surface area contributed by atoms with Crippen molar-refractivity contribution >= 4 is 29.9 Å². The standard InChI is InChI=1S/C14H28N4O.HI/c1-2-5-17-6-3-13(4-7-17)12-16-14(15)18-8-10-19-11-9-18;/h13H,2-12H2,1H3,(H2,15,16);1H. The molecular weight excluding hydrogens is 367 g/mol. The topological polar surface area (TPSA) is 54.1 Å². The van der Waals surface area contributed by atoms with Crippen LogP contribution in [0.15, 0.2) is 4.99 Å². The molecule has 0 amide bonds. The van der Waals surface area contributed by atoms with Crippen LogP contribution in [0.25, 0.3) is 0 Å². The van der Waals surface area contributed by atoms with Gasteiger partial charge in [-0.25, -0.2) is 0 Å². The van der Waals surface area contributed by atoms with Gasteiger partial charge in [-0.3, -0.25) is 4.99 Å². The van der Waals surface area contributed by atoms with Gasteiger partial charge in [0.05, 0.1) is 13.2 Å². The predicted molar refractivity (Wildman–Crippen MR) is 93.8 cm³/mol. The van der Waals surface area contributed by atoms with E-state index >= 15 is 0 Å². The normalized spacial score (nSPS) is 22.6. The fourth-order valence-corrected chi connectivity index (χ4v) is 2.82. The molecule has 0 saturated carbocycles. The lowest BCUT2D eigenvalue weighted by Gasteiger charge is -2.31. The van der Waals surface area contributed by atoms with Crippen LogP contribution in [0.4, 0.5) is 0 Å². The minimum atomic E-state index is 0. The number of hydrogen-bond donors (Lipinski definition) is 1. The molecule has 2 aliphatic heterocycles. The van der Waals surface area contributed by atoms with Gasteiger partial charge >= 0.3 is 0 Å². The van der Waals surface area contributed by atoms with Crippen molar-refractivity contribution in [2.45, 2.75) is 26.2 Å². The molecule has 20 heavy (non-hydrogen) atoms. The lowest BCUT2D eigenvalue weighted by atomic mass is 9.97. The predicted octanol–water partition coefficient (Wildman–Crippen LogP) is 1.37. The molecule has 2 aliphatic rings. The van der Waals surface area contributed by atoms with Crippen LogP contribution >= 0.6 is 24.0 Å². The van der Waals surface area contributed by atoms with Gasteiger partial charge in [0.2, 0.25) is 0 Å². The monoisotopic (exact) mass is 396 g/mol. The Balaban J connectivity index is 0.00000200. The second-order valence-electron chi connectivity index (χ2n) is 5.58. The molecule has 2 saturated heterocycles. The van der Waals surface area contributed by atoms with Crippen molar-refractivity contribution in [3.05, 3.63) is 0 Å². The molecule has 2 N–H and O–H groups in total. The quantitative estimate of drug-likeness (QED) is 0.443. The second-order valence-corrected chi connectivity index (χ2v) is 5.58. The zero-order valence-corrected chi connectivity index (χ0v) is 14.9. The number of guanidine groups is 1. The van der Waals surface area contributed by atoms with Crippen molar-refractivity contribution in [1.29, 1.82) is 0 Å². The molecule has 2 fully saturated rings. The molecule has 0 bridgehead atoms. The molecule has 0 aliphatic carbocycles. The van der Waals surface area contributed by atoms with Gasteiger partial charge in [-0.1, -0.05) is 6.92 Å². The zero-order valence-electron chi connectivity index (χ0n) is 12.6. The highest BCUT2D eigenvalue weighted by atomic mass is 127. The number of halogens is 1. The van der Waals surface area contributed by atoms with E-state index in [0.29, 0.717) is 11.9 Å². The van der Waals surface area contributed by atoms with Crippen LogP contribution in [0.5, 0.6) is 0 Å². The number of morpholine rings is 1. The molecule has 5 nitrogen and oxygen atoms in total. The third kappa shape index (κ3) is 5.73. The highest BCUT2D eigenvalue weighted by Crippen LogP contribution is 2.17. The average Bonchev–Trinajstić information content (AvgIpc) is 2.47. The van der Waals surface area contributed by atoms with Crippen molar-refractivity contribution < 1.29 is 4.74 Å². The molecule has 0 unspecified atom stereocenters. The molecule has 0 aromatic carbocycles. The highest BCUT2D eigenvalue weighted by molar-refractivity contribution is 14.0. The Bertz CT molecular complexity index is 287. The summed E-state index contributed by atoms with van der Waals surface area (Å²) in [6, 6.07) is 0. The van der Waals surface area contributed by atoms with Gasteiger partial charge < -0.3 is 20.3 Å². The highest BCUT2D eigenvalue weighted by Gasteiger charge is 2.19. The number of rotatable bonds is 4. The second kappa shape index (κ2) is 9.78. The maximum atomic E-state index is 6.05. The Morgan fingerprint density at radius 2 is 1.85 bits per heavy atom. The summed E-state index contributed by atoms with van der Waals surface area (Å²) < 4.78 is 5.32. The molecule has 0 spiro atoms. The first kappa shape index (κ1) is 18.0. The summed E-state index contributed by atoms with van der Waals surface area (Å²) in [4.78, 5) is 9.28. The van der Waals surface area contributed by atoms with Gasteiger partial charge in [0.15, 0.2) is 5.96 Å². The van der Waals surface area contributed by atoms with Crippen LogP contribution in [0.3, 0.4) is 0 Å². The van der Waals surface area contributed by atoms with E-state index in [0.717, 1.165) is 32.8 Å². The molecule has 6 heteroatoms. The Morgan fingerprint density at radius 1 is 1.20 bits per heavy atom. The van der Waals surface area contributed by atoms with Gasteiger partial charge in [0.25, 0.3) is 0 Å². The van der Waals surface area contributed by atoms with Gasteiger partial charge in [0, 0.05) is 19.6 Å². The molecule has 0 radical (unpaired) electrons. The summed E-state index contributed by atoms with van der Waals surface area (Å²) >= 11 is 0. The summed E-state index contributed by atoms with van der Waals surface area (Å²) in [6.45, 7) is 10.1. The van der Waals surface area contributed by atoms with Crippen LogP contribution < -0.4 is 5.73 Å². The SMILES string of the molecule is CCCN1CCC(CN=C(N)N2CCOCC2)CC1.I. The number of ether oxygens (including phenoxy) is 1. The molecule has 0 aromatic heterocycles. The van der Waals surface area contributed by atoms with E-state index in [1.807, 2.05) is 0 Å². The number of piperidine rings is 1. The minimum Gasteiger partial charge on any atom is -0.378 e. The van der Waals surface area contributed by atoms with Crippen molar-refractivity contribution in [1.82, 2.24) is 9.80 Å². The Morgan fingerprint density at radius 3 is 2.45 bits per heavy atom. The summed E-state index contributed by atoms with van der Waals surface area (Å²) in [5.74, 6) is 1.42. The Hall–Kier alpha value is -0.0800. The summed E-state index contributed by atoms with van der Waals surface area (Å²) in [5.41, 5.74) is 6.05.